The van der Waals surface area contributed by atoms with Gasteiger partial charge in [0.2, 0.25) is 0 Å². The normalized spacial score (nSPS) is 14.6. The summed E-state index contributed by atoms with van der Waals surface area (Å²) in [6.07, 6.45) is 3.31. The molecule has 1 aliphatic rings. The number of Topliss-reactive ketones (excluding diaryl/α,β-unsaturated/α-hetero) is 1. The fourth-order valence-corrected chi connectivity index (χ4v) is 2.65. The van der Waals surface area contributed by atoms with E-state index in [1.807, 2.05) is 0 Å². The van der Waals surface area contributed by atoms with Crippen LogP contribution in [0.1, 0.15) is 45.7 Å². The summed E-state index contributed by atoms with van der Waals surface area (Å²) in [6, 6.07) is 1.51. The van der Waals surface area contributed by atoms with Gasteiger partial charge in [0.15, 0.2) is 5.78 Å². The van der Waals surface area contributed by atoms with Gasteiger partial charge in [-0.25, -0.2) is 0 Å². The van der Waals surface area contributed by atoms with E-state index in [2.05, 4.69) is 10.3 Å². The summed E-state index contributed by atoms with van der Waals surface area (Å²) in [7, 11) is -4.51. The smallest absolute Gasteiger partial charge is 0.302 e. The van der Waals surface area contributed by atoms with Crippen molar-refractivity contribution in [3.8, 4) is 0 Å². The number of aryl methyl sites for hydroxylation is 1. The predicted molar refractivity (Wildman–Crippen MR) is 73.4 cm³/mol. The van der Waals surface area contributed by atoms with E-state index in [1.54, 1.807) is 0 Å². The Labute approximate surface area is 122 Å². The molecule has 8 heteroatoms. The molecule has 1 amide bonds. The van der Waals surface area contributed by atoms with Crippen molar-refractivity contribution in [3.63, 3.8) is 0 Å². The van der Waals surface area contributed by atoms with E-state index in [0.717, 1.165) is 12.8 Å². The van der Waals surface area contributed by atoms with Crippen LogP contribution >= 0.6 is 0 Å². The lowest BCUT2D eigenvalue weighted by Gasteiger charge is -2.14. The van der Waals surface area contributed by atoms with Gasteiger partial charge in [-0.3, -0.25) is 14.6 Å². The molecule has 0 saturated carbocycles. The molecule has 114 valence electrons. The molecular weight excluding hydrogens is 299 g/mol. The number of pyridine rings is 1. The van der Waals surface area contributed by atoms with Crippen molar-refractivity contribution in [2.24, 2.45) is 0 Å². The van der Waals surface area contributed by atoms with Crippen molar-refractivity contribution in [2.75, 3.05) is 12.3 Å². The molecule has 0 aromatic carbocycles. The molecule has 0 bridgehead atoms. The highest BCUT2D eigenvalue weighted by Crippen LogP contribution is 2.20. The van der Waals surface area contributed by atoms with Crippen LogP contribution < -0.4 is 5.32 Å². The standard InChI is InChI=1S/C13H15FN2O4S/c14-21(19,20)6-2-5-15-13(18)9-7-10-11(16-8-9)3-1-4-12(10)17/h7-8H,1-6H2,(H,15,18). The zero-order valence-electron chi connectivity index (χ0n) is 11.3. The SMILES string of the molecule is O=C(NCCCS(=O)(=O)F)c1cnc2c(c1)C(=O)CCC2. The van der Waals surface area contributed by atoms with E-state index < -0.39 is 21.9 Å². The van der Waals surface area contributed by atoms with Gasteiger partial charge in [-0.05, 0) is 25.3 Å². The summed E-state index contributed by atoms with van der Waals surface area (Å²) in [5, 5.41) is 2.47. The van der Waals surface area contributed by atoms with Crippen LogP contribution in [0.2, 0.25) is 0 Å². The second-order valence-corrected chi connectivity index (χ2v) is 6.33. The molecule has 1 heterocycles. The number of carbonyl (C=O) groups is 2. The van der Waals surface area contributed by atoms with E-state index >= 15 is 0 Å². The van der Waals surface area contributed by atoms with Gasteiger partial charge in [0, 0.05) is 24.7 Å². The van der Waals surface area contributed by atoms with Gasteiger partial charge in [-0.2, -0.15) is 8.42 Å². The third-order valence-electron chi connectivity index (χ3n) is 3.20. The van der Waals surface area contributed by atoms with E-state index in [9.17, 15) is 21.9 Å². The summed E-state index contributed by atoms with van der Waals surface area (Å²) < 4.78 is 32.9. The molecule has 0 aliphatic heterocycles. The van der Waals surface area contributed by atoms with Gasteiger partial charge in [-0.1, -0.05) is 0 Å². The molecular formula is C13H15FN2O4S. The fraction of sp³-hybridized carbons (Fsp3) is 0.462. The van der Waals surface area contributed by atoms with Crippen LogP contribution in [-0.2, 0) is 16.6 Å². The lowest BCUT2D eigenvalue weighted by Crippen LogP contribution is -2.26. The number of fused-ring (bicyclic) bond motifs is 1. The number of amides is 1. The van der Waals surface area contributed by atoms with Crippen molar-refractivity contribution in [3.05, 3.63) is 29.1 Å². The Hall–Kier alpha value is -1.83. The molecule has 1 N–H and O–H groups in total. The molecule has 1 aromatic heterocycles. The van der Waals surface area contributed by atoms with Crippen molar-refractivity contribution < 1.29 is 21.9 Å². The third-order valence-corrected chi connectivity index (χ3v) is 3.98. The molecule has 6 nitrogen and oxygen atoms in total. The summed E-state index contributed by atoms with van der Waals surface area (Å²) in [5.74, 6) is -1.12. The molecule has 0 unspecified atom stereocenters. The van der Waals surface area contributed by atoms with Crippen LogP contribution in [0.3, 0.4) is 0 Å². The Balaban J connectivity index is 1.97. The lowest BCUT2D eigenvalue weighted by atomic mass is 9.94. The van der Waals surface area contributed by atoms with Crippen LogP contribution in [-0.4, -0.2) is 37.4 Å². The summed E-state index contributed by atoms with van der Waals surface area (Å²) >= 11 is 0. The summed E-state index contributed by atoms with van der Waals surface area (Å²) in [4.78, 5) is 27.7. The van der Waals surface area contributed by atoms with Gasteiger partial charge in [0.25, 0.3) is 5.91 Å². The van der Waals surface area contributed by atoms with Gasteiger partial charge >= 0.3 is 10.2 Å². The van der Waals surface area contributed by atoms with Crippen molar-refractivity contribution >= 4 is 21.9 Å². The highest BCUT2D eigenvalue weighted by molar-refractivity contribution is 7.86. The summed E-state index contributed by atoms with van der Waals surface area (Å²) in [6.45, 7) is 0.0347. The zero-order chi connectivity index (χ0) is 15.5. The number of carbonyl (C=O) groups excluding carboxylic acids is 2. The third kappa shape index (κ3) is 4.32. The number of hydrogen-bond acceptors (Lipinski definition) is 5. The Morgan fingerprint density at radius 3 is 2.86 bits per heavy atom. The number of hydrogen-bond donors (Lipinski definition) is 1. The van der Waals surface area contributed by atoms with Crippen molar-refractivity contribution in [2.45, 2.75) is 25.7 Å². The molecule has 0 radical (unpaired) electrons. The maximum Gasteiger partial charge on any atom is 0.302 e. The van der Waals surface area contributed by atoms with Crippen molar-refractivity contribution in [1.29, 1.82) is 0 Å². The molecule has 2 rings (SSSR count). The zero-order valence-corrected chi connectivity index (χ0v) is 12.1. The van der Waals surface area contributed by atoms with Gasteiger partial charge < -0.3 is 5.32 Å². The van der Waals surface area contributed by atoms with Gasteiger partial charge in [0.05, 0.1) is 17.0 Å². The van der Waals surface area contributed by atoms with Crippen molar-refractivity contribution in [1.82, 2.24) is 10.3 Å². The molecule has 21 heavy (non-hydrogen) atoms. The van der Waals surface area contributed by atoms with Crippen LogP contribution in [0.4, 0.5) is 3.89 Å². The maximum absolute atomic E-state index is 12.3. The summed E-state index contributed by atoms with van der Waals surface area (Å²) in [5.41, 5.74) is 1.42. The molecule has 0 fully saturated rings. The topological polar surface area (TPSA) is 93.2 Å². The van der Waals surface area contributed by atoms with E-state index in [4.69, 9.17) is 0 Å². The van der Waals surface area contributed by atoms with Crippen LogP contribution in [0.15, 0.2) is 12.3 Å². The quantitative estimate of drug-likeness (QED) is 0.647. The Bertz CT molecular complexity index is 673. The van der Waals surface area contributed by atoms with E-state index in [-0.39, 0.29) is 24.3 Å². The Morgan fingerprint density at radius 1 is 1.38 bits per heavy atom. The molecule has 0 spiro atoms. The second kappa shape index (κ2) is 6.30. The molecule has 1 aromatic rings. The Morgan fingerprint density at radius 2 is 2.14 bits per heavy atom. The highest BCUT2D eigenvalue weighted by atomic mass is 32.3. The first-order valence-electron chi connectivity index (χ1n) is 6.59. The number of rotatable bonds is 5. The largest absolute Gasteiger partial charge is 0.352 e. The number of nitrogens with zero attached hydrogens (tertiary/aromatic N) is 1. The first kappa shape index (κ1) is 15.6. The minimum Gasteiger partial charge on any atom is -0.352 e. The molecule has 0 atom stereocenters. The van der Waals surface area contributed by atoms with Gasteiger partial charge in [0.1, 0.15) is 0 Å². The van der Waals surface area contributed by atoms with Crippen LogP contribution in [0.25, 0.3) is 0 Å². The maximum atomic E-state index is 12.3. The van der Waals surface area contributed by atoms with Crippen LogP contribution in [0.5, 0.6) is 0 Å². The van der Waals surface area contributed by atoms with E-state index in [1.165, 1.54) is 12.3 Å². The second-order valence-electron chi connectivity index (χ2n) is 4.85. The lowest BCUT2D eigenvalue weighted by molar-refractivity contribution is 0.0953. The minimum absolute atomic E-state index is 0.0120. The Kier molecular flexibility index (Phi) is 4.66. The molecule has 0 saturated heterocycles. The molecule has 1 aliphatic carbocycles. The fourth-order valence-electron chi connectivity index (χ4n) is 2.16. The number of ketones is 1. The van der Waals surface area contributed by atoms with Crippen LogP contribution in [0, 0.1) is 0 Å². The number of halogens is 1. The highest BCUT2D eigenvalue weighted by Gasteiger charge is 2.20. The average Bonchev–Trinajstić information content (AvgIpc) is 2.42. The first-order chi connectivity index (χ1) is 9.87. The monoisotopic (exact) mass is 314 g/mol. The van der Waals surface area contributed by atoms with Gasteiger partial charge in [-0.15, -0.1) is 3.89 Å². The average molecular weight is 314 g/mol. The van der Waals surface area contributed by atoms with E-state index in [0.29, 0.717) is 17.7 Å². The number of aromatic nitrogens is 1. The minimum atomic E-state index is -4.51. The first-order valence-corrected chi connectivity index (χ1v) is 8.15. The predicted octanol–water partition coefficient (Wildman–Crippen LogP) is 1.02. The number of nitrogens with one attached hydrogen (secondary N) is 1.